The Hall–Kier alpha value is -3.42. The van der Waals surface area contributed by atoms with Gasteiger partial charge in [0, 0.05) is 50.4 Å². The van der Waals surface area contributed by atoms with Crippen LogP contribution >= 0.6 is 11.6 Å². The van der Waals surface area contributed by atoms with Crippen molar-refractivity contribution >= 4 is 34.8 Å². The number of rotatable bonds is 8. The number of guanidine groups is 2. The second-order valence-corrected chi connectivity index (χ2v) is 12.0. The third-order valence-electron chi connectivity index (χ3n) is 7.45. The Morgan fingerprint density at radius 1 is 1.31 bits per heavy atom. The van der Waals surface area contributed by atoms with Gasteiger partial charge in [0.2, 0.25) is 11.9 Å². The number of allylic oxidation sites excluding steroid dienone is 4. The smallest absolute Gasteiger partial charge is 0.230 e. The van der Waals surface area contributed by atoms with Crippen LogP contribution in [-0.2, 0) is 6.54 Å². The minimum atomic E-state index is -1.11. The molecule has 1 saturated heterocycles. The molecular weight excluding hydrogens is 546 g/mol. The van der Waals surface area contributed by atoms with Crippen LogP contribution in [0, 0.1) is 5.92 Å². The Labute approximate surface area is 256 Å². The van der Waals surface area contributed by atoms with E-state index in [9.17, 15) is 5.11 Å². The van der Waals surface area contributed by atoms with Gasteiger partial charge in [-0.05, 0) is 74.4 Å². The fourth-order valence-corrected chi connectivity index (χ4v) is 5.20. The van der Waals surface area contributed by atoms with Gasteiger partial charge in [-0.25, -0.2) is 0 Å². The molecule has 1 aromatic carbocycles. The minimum Gasteiger partial charge on any atom is -0.384 e. The zero-order valence-corrected chi connectivity index (χ0v) is 26.9. The van der Waals surface area contributed by atoms with Crippen LogP contribution in [0.15, 0.2) is 81.2 Å². The summed E-state index contributed by atoms with van der Waals surface area (Å²) in [5.74, 6) is 2.29. The predicted octanol–water partition coefficient (Wildman–Crippen LogP) is 5.52. The van der Waals surface area contributed by atoms with Crippen LogP contribution < -0.4 is 11.1 Å². The summed E-state index contributed by atoms with van der Waals surface area (Å²) >= 11 is 6.82. The highest BCUT2D eigenvalue weighted by Gasteiger charge is 2.28. The van der Waals surface area contributed by atoms with Crippen molar-refractivity contribution in [2.24, 2.45) is 26.6 Å². The highest BCUT2D eigenvalue weighted by atomic mass is 35.5. The lowest BCUT2D eigenvalue weighted by molar-refractivity contribution is 0.155. The second-order valence-electron chi connectivity index (χ2n) is 11.6. The van der Waals surface area contributed by atoms with Gasteiger partial charge in [0.15, 0.2) is 0 Å². The molecule has 9 heteroatoms. The molecule has 0 atom stereocenters. The van der Waals surface area contributed by atoms with E-state index in [-0.39, 0.29) is 12.0 Å². The van der Waals surface area contributed by atoms with Crippen LogP contribution in [0.3, 0.4) is 0 Å². The number of aliphatic imine (C=N–C) groups is 3. The van der Waals surface area contributed by atoms with Gasteiger partial charge in [0.25, 0.3) is 0 Å². The quantitative estimate of drug-likeness (QED) is 0.210. The van der Waals surface area contributed by atoms with Crippen molar-refractivity contribution in [2.45, 2.75) is 65.6 Å². The standard InChI is InChI=1S/C33H46ClN7O/c1-10-12-24(21(2)3)30-38-32(41-17-15-23(35)16-18-41)39-31(40(30)9)37-20-27-25(13-11-14-28(27)34)26(22(4)5)19-29(36-8)33(6,7)42/h11-14,19,21,23,42H,1,4,15-18,20,35H2,2-3,5-9H3,(H,37,38,39)/b26-19+,30-24+,36-29+. The van der Waals surface area contributed by atoms with Crippen molar-refractivity contribution < 1.29 is 5.11 Å². The number of nitrogens with zero attached hydrogens (tertiary/aromatic N) is 5. The Morgan fingerprint density at radius 2 is 1.98 bits per heavy atom. The number of benzene rings is 1. The number of piperidine rings is 1. The van der Waals surface area contributed by atoms with E-state index < -0.39 is 5.60 Å². The number of likely N-dealkylation sites (tertiary alicyclic amines) is 1. The van der Waals surface area contributed by atoms with Crippen LogP contribution in [0.4, 0.5) is 0 Å². The maximum atomic E-state index is 10.7. The first-order valence-corrected chi connectivity index (χ1v) is 14.8. The minimum absolute atomic E-state index is 0.194. The average molecular weight is 592 g/mol. The highest BCUT2D eigenvalue weighted by Crippen LogP contribution is 2.31. The number of nitrogens with two attached hydrogens (primary N) is 1. The zero-order valence-electron chi connectivity index (χ0n) is 26.1. The molecule has 4 N–H and O–H groups in total. The summed E-state index contributed by atoms with van der Waals surface area (Å²) in [4.78, 5) is 18.5. The molecule has 2 heterocycles. The molecule has 226 valence electrons. The molecule has 0 aromatic heterocycles. The van der Waals surface area contributed by atoms with E-state index in [0.717, 1.165) is 59.6 Å². The van der Waals surface area contributed by atoms with Crippen molar-refractivity contribution in [3.63, 3.8) is 0 Å². The van der Waals surface area contributed by atoms with Crippen LogP contribution in [0.5, 0.6) is 0 Å². The number of hydrogen-bond acceptors (Lipinski definition) is 8. The van der Waals surface area contributed by atoms with Gasteiger partial charge in [0.1, 0.15) is 11.4 Å². The molecule has 0 spiro atoms. The van der Waals surface area contributed by atoms with Crippen LogP contribution in [0.25, 0.3) is 5.57 Å². The first-order valence-electron chi connectivity index (χ1n) is 14.4. The first-order chi connectivity index (χ1) is 19.8. The van der Waals surface area contributed by atoms with E-state index in [2.05, 4.69) is 47.9 Å². The van der Waals surface area contributed by atoms with Gasteiger partial charge in [-0.15, -0.1) is 5.73 Å². The molecule has 0 radical (unpaired) electrons. The summed E-state index contributed by atoms with van der Waals surface area (Å²) in [5.41, 5.74) is 13.0. The molecule has 8 nitrogen and oxygen atoms in total. The van der Waals surface area contributed by atoms with Crippen molar-refractivity contribution in [1.29, 1.82) is 0 Å². The third kappa shape index (κ3) is 7.90. The second kappa shape index (κ2) is 14.2. The van der Waals surface area contributed by atoms with Crippen LogP contribution in [-0.4, -0.2) is 71.4 Å². The van der Waals surface area contributed by atoms with Crippen LogP contribution in [0.1, 0.15) is 58.6 Å². The fourth-order valence-electron chi connectivity index (χ4n) is 4.96. The molecule has 0 unspecified atom stereocenters. The molecule has 2 aliphatic rings. The van der Waals surface area contributed by atoms with E-state index in [1.807, 2.05) is 49.2 Å². The number of hydrogen-bond donors (Lipinski definition) is 3. The molecule has 0 saturated carbocycles. The fraction of sp³-hybridized carbons (Fsp3) is 0.455. The molecule has 0 aliphatic carbocycles. The van der Waals surface area contributed by atoms with Crippen LogP contribution in [0.2, 0.25) is 5.02 Å². The number of nitrogens with one attached hydrogen (secondary N) is 1. The van der Waals surface area contributed by atoms with Gasteiger partial charge < -0.3 is 21.1 Å². The molecule has 1 fully saturated rings. The summed E-state index contributed by atoms with van der Waals surface area (Å²) in [6, 6.07) is 5.99. The number of aliphatic hydroxyl groups is 1. The summed E-state index contributed by atoms with van der Waals surface area (Å²) in [5, 5.41) is 14.8. The van der Waals surface area contributed by atoms with Gasteiger partial charge in [-0.3, -0.25) is 9.89 Å². The monoisotopic (exact) mass is 591 g/mol. The van der Waals surface area contributed by atoms with E-state index in [1.165, 1.54) is 0 Å². The van der Waals surface area contributed by atoms with E-state index in [4.69, 9.17) is 27.3 Å². The maximum Gasteiger partial charge on any atom is 0.230 e. The third-order valence-corrected chi connectivity index (χ3v) is 7.80. The molecule has 0 amide bonds. The Bertz CT molecular complexity index is 1380. The van der Waals surface area contributed by atoms with Gasteiger partial charge in [-0.1, -0.05) is 56.3 Å². The van der Waals surface area contributed by atoms with E-state index >= 15 is 0 Å². The van der Waals surface area contributed by atoms with Gasteiger partial charge in [-0.2, -0.15) is 9.98 Å². The Morgan fingerprint density at radius 3 is 2.52 bits per heavy atom. The lowest BCUT2D eigenvalue weighted by atomic mass is 9.91. The van der Waals surface area contributed by atoms with Gasteiger partial charge >= 0.3 is 0 Å². The van der Waals surface area contributed by atoms with Gasteiger partial charge in [0.05, 0.1) is 5.71 Å². The summed E-state index contributed by atoms with van der Waals surface area (Å²) < 4.78 is 0. The molecule has 3 rings (SSSR count). The highest BCUT2D eigenvalue weighted by molar-refractivity contribution is 6.31. The lowest BCUT2D eigenvalue weighted by Crippen LogP contribution is -2.47. The normalized spacial score (nSPS) is 18.5. The molecule has 1 aromatic rings. The van der Waals surface area contributed by atoms with Crippen molar-refractivity contribution in [2.75, 3.05) is 27.2 Å². The SMILES string of the molecule is C=C=C/C(=C1/N=C(N2CCC(N)CC2)N=C(NCc2c(Cl)cccc2/C(=C/C(=N\C)C(C)(C)O)C(=C)C)N1C)C(C)C. The lowest BCUT2D eigenvalue weighted by Gasteiger charge is -2.35. The molecule has 2 aliphatic heterocycles. The van der Waals surface area contributed by atoms with E-state index in [0.29, 0.717) is 29.2 Å². The zero-order chi connectivity index (χ0) is 31.2. The summed E-state index contributed by atoms with van der Waals surface area (Å²) in [6.07, 6.45) is 5.55. The molecular formula is C33H46ClN7O. The van der Waals surface area contributed by atoms with E-state index in [1.54, 1.807) is 20.9 Å². The summed E-state index contributed by atoms with van der Waals surface area (Å²) in [7, 11) is 3.62. The summed E-state index contributed by atoms with van der Waals surface area (Å²) in [6.45, 7) is 19.6. The molecule has 42 heavy (non-hydrogen) atoms. The average Bonchev–Trinajstić information content (AvgIpc) is 2.92. The first kappa shape index (κ1) is 33.1. The maximum absolute atomic E-state index is 10.7. The van der Waals surface area contributed by atoms with Crippen molar-refractivity contribution in [1.82, 2.24) is 15.1 Å². The Balaban J connectivity index is 2.07. The number of halogens is 1. The van der Waals surface area contributed by atoms with Crippen molar-refractivity contribution in [3.8, 4) is 0 Å². The molecule has 0 bridgehead atoms. The van der Waals surface area contributed by atoms with Crippen molar-refractivity contribution in [3.05, 3.63) is 82.4 Å². The largest absolute Gasteiger partial charge is 0.384 e. The predicted molar refractivity (Wildman–Crippen MR) is 178 cm³/mol. The topological polar surface area (TPSA) is 102 Å². The Kier molecular flexibility index (Phi) is 11.2.